The van der Waals surface area contributed by atoms with E-state index in [1.165, 1.54) is 38.2 Å². The van der Waals surface area contributed by atoms with Crippen LogP contribution in [0.2, 0.25) is 5.02 Å². The molecule has 0 spiro atoms. The average molecular weight is 434 g/mol. The Balaban J connectivity index is 1.30. The molecule has 2 aliphatic rings. The molecule has 0 N–H and O–H groups in total. The number of hydrogen-bond acceptors (Lipinski definition) is 4. The normalized spacial score (nSPS) is 22.6. The van der Waals surface area contributed by atoms with Crippen LogP contribution in [0.4, 0.5) is 10.1 Å². The molecule has 0 amide bonds. The summed E-state index contributed by atoms with van der Waals surface area (Å²) in [5.41, 5.74) is 0.620. The zero-order valence-corrected chi connectivity index (χ0v) is 18.5. The summed E-state index contributed by atoms with van der Waals surface area (Å²) in [6, 6.07) is 6.71. The van der Waals surface area contributed by atoms with E-state index in [2.05, 4.69) is 9.80 Å². The van der Waals surface area contributed by atoms with E-state index < -0.39 is 0 Å². The van der Waals surface area contributed by atoms with Crippen molar-refractivity contribution in [2.24, 2.45) is 11.8 Å². The van der Waals surface area contributed by atoms with Gasteiger partial charge in [-0.15, -0.1) is 0 Å². The van der Waals surface area contributed by atoms with Gasteiger partial charge in [0.2, 0.25) is 0 Å². The minimum atomic E-state index is -0.195. The van der Waals surface area contributed by atoms with E-state index >= 15 is 0 Å². The fraction of sp³-hybridized carbons (Fsp3) is 0.667. The van der Waals surface area contributed by atoms with Crippen molar-refractivity contribution >= 4 is 23.1 Å². The number of benzene rings is 1. The van der Waals surface area contributed by atoms with Gasteiger partial charge in [0, 0.05) is 37.6 Å². The van der Waals surface area contributed by atoms with Crippen LogP contribution in [0.5, 0.6) is 0 Å². The standard InChI is InChI=1S/C24H33ClFN3O/c25-21-8-9-23(26)24(18-21)29-16-14-28(15-17-29)13-11-20-6-4-19(5-7-20)2-1-3-22(30)10-12-27/h8-9,18-20H,1-7,10-11,13-17H2. The van der Waals surface area contributed by atoms with E-state index in [0.29, 0.717) is 17.1 Å². The Morgan fingerprint density at radius 2 is 1.77 bits per heavy atom. The number of ketones is 1. The Bertz CT molecular complexity index is 734. The number of nitriles is 1. The van der Waals surface area contributed by atoms with Gasteiger partial charge in [0.05, 0.1) is 18.2 Å². The second kappa shape index (κ2) is 11.7. The molecule has 0 aromatic heterocycles. The molecule has 6 heteroatoms. The molecule has 1 aromatic carbocycles. The number of anilines is 1. The van der Waals surface area contributed by atoms with Gasteiger partial charge in [0.1, 0.15) is 11.6 Å². The topological polar surface area (TPSA) is 47.3 Å². The van der Waals surface area contributed by atoms with Crippen LogP contribution in [0.25, 0.3) is 0 Å². The SMILES string of the molecule is N#CCC(=O)CCCC1CCC(CCN2CCN(c3cc(Cl)ccc3F)CC2)CC1. The minimum Gasteiger partial charge on any atom is -0.367 e. The van der Waals surface area contributed by atoms with Crippen molar-refractivity contribution in [3.05, 3.63) is 29.0 Å². The smallest absolute Gasteiger partial charge is 0.146 e. The Hall–Kier alpha value is -1.64. The van der Waals surface area contributed by atoms with Gasteiger partial charge in [-0.05, 0) is 49.4 Å². The first-order valence-electron chi connectivity index (χ1n) is 11.4. The second-order valence-corrected chi connectivity index (χ2v) is 9.30. The fourth-order valence-electron chi connectivity index (χ4n) is 4.88. The van der Waals surface area contributed by atoms with Crippen molar-refractivity contribution in [3.63, 3.8) is 0 Å². The molecule has 30 heavy (non-hydrogen) atoms. The highest BCUT2D eigenvalue weighted by Crippen LogP contribution is 2.34. The van der Waals surface area contributed by atoms with E-state index in [0.717, 1.165) is 57.4 Å². The number of carbonyl (C=O) groups is 1. The highest BCUT2D eigenvalue weighted by Gasteiger charge is 2.24. The van der Waals surface area contributed by atoms with Crippen LogP contribution in [0.1, 0.15) is 57.8 Å². The summed E-state index contributed by atoms with van der Waals surface area (Å²) in [6.45, 7) is 4.75. The predicted octanol–water partition coefficient (Wildman–Crippen LogP) is 5.45. The van der Waals surface area contributed by atoms with Crippen molar-refractivity contribution < 1.29 is 9.18 Å². The maximum Gasteiger partial charge on any atom is 0.146 e. The summed E-state index contributed by atoms with van der Waals surface area (Å²) in [6.07, 6.45) is 9.10. The highest BCUT2D eigenvalue weighted by atomic mass is 35.5. The van der Waals surface area contributed by atoms with Crippen molar-refractivity contribution in [2.45, 2.75) is 57.8 Å². The lowest BCUT2D eigenvalue weighted by molar-refractivity contribution is -0.118. The molecule has 0 bridgehead atoms. The van der Waals surface area contributed by atoms with Crippen LogP contribution < -0.4 is 4.90 Å². The van der Waals surface area contributed by atoms with Crippen LogP contribution in [-0.2, 0) is 4.79 Å². The molecule has 1 saturated heterocycles. The van der Waals surface area contributed by atoms with Gasteiger partial charge in [-0.25, -0.2) is 4.39 Å². The van der Waals surface area contributed by atoms with Crippen LogP contribution >= 0.6 is 11.6 Å². The van der Waals surface area contributed by atoms with Crippen molar-refractivity contribution in [1.29, 1.82) is 5.26 Å². The average Bonchev–Trinajstić information content (AvgIpc) is 2.75. The van der Waals surface area contributed by atoms with E-state index in [1.807, 2.05) is 6.07 Å². The molecule has 0 atom stereocenters. The lowest BCUT2D eigenvalue weighted by atomic mass is 9.78. The molecule has 1 saturated carbocycles. The number of halogens is 2. The molecule has 4 nitrogen and oxygen atoms in total. The van der Waals surface area contributed by atoms with Gasteiger partial charge >= 0.3 is 0 Å². The van der Waals surface area contributed by atoms with Gasteiger partial charge < -0.3 is 4.90 Å². The van der Waals surface area contributed by atoms with Crippen LogP contribution in [-0.4, -0.2) is 43.4 Å². The quantitative estimate of drug-likeness (QED) is 0.519. The van der Waals surface area contributed by atoms with Crippen molar-refractivity contribution in [1.82, 2.24) is 4.90 Å². The number of hydrogen-bond donors (Lipinski definition) is 0. The molecule has 3 rings (SSSR count). The number of Topliss-reactive ketones (excluding diaryl/α,β-unsaturated/α-hetero) is 1. The molecule has 0 unspecified atom stereocenters. The third-order valence-electron chi connectivity index (χ3n) is 6.79. The zero-order valence-electron chi connectivity index (χ0n) is 17.8. The molecular formula is C24H33ClFN3O. The van der Waals surface area contributed by atoms with Gasteiger partial charge in [0.15, 0.2) is 0 Å². The monoisotopic (exact) mass is 433 g/mol. The summed E-state index contributed by atoms with van der Waals surface area (Å²) in [4.78, 5) is 16.1. The maximum atomic E-state index is 14.1. The first-order chi connectivity index (χ1) is 14.5. The molecule has 1 aliphatic carbocycles. The third-order valence-corrected chi connectivity index (χ3v) is 7.02. The third kappa shape index (κ3) is 6.96. The molecule has 164 valence electrons. The number of rotatable bonds is 9. The highest BCUT2D eigenvalue weighted by molar-refractivity contribution is 6.30. The van der Waals surface area contributed by atoms with E-state index in [-0.39, 0.29) is 18.0 Å². The van der Waals surface area contributed by atoms with Crippen molar-refractivity contribution in [2.75, 3.05) is 37.6 Å². The summed E-state index contributed by atoms with van der Waals surface area (Å²) >= 11 is 6.03. The summed E-state index contributed by atoms with van der Waals surface area (Å²) in [7, 11) is 0. The van der Waals surface area contributed by atoms with Crippen LogP contribution in [0.3, 0.4) is 0 Å². The number of carbonyl (C=O) groups excluding carboxylic acids is 1. The van der Waals surface area contributed by atoms with E-state index in [9.17, 15) is 9.18 Å². The van der Waals surface area contributed by atoms with Crippen LogP contribution in [0.15, 0.2) is 18.2 Å². The number of nitrogens with zero attached hydrogens (tertiary/aromatic N) is 3. The van der Waals surface area contributed by atoms with Gasteiger partial charge in [-0.2, -0.15) is 5.26 Å². The van der Waals surface area contributed by atoms with Gasteiger partial charge in [0.25, 0.3) is 0 Å². The maximum absolute atomic E-state index is 14.1. The fourth-order valence-corrected chi connectivity index (χ4v) is 5.05. The molecule has 1 aliphatic heterocycles. The van der Waals surface area contributed by atoms with Crippen LogP contribution in [0, 0.1) is 29.0 Å². The molecule has 0 radical (unpaired) electrons. The predicted molar refractivity (Wildman–Crippen MR) is 119 cm³/mol. The second-order valence-electron chi connectivity index (χ2n) is 8.87. The summed E-state index contributed by atoms with van der Waals surface area (Å²) < 4.78 is 14.1. The van der Waals surface area contributed by atoms with Gasteiger partial charge in [-0.1, -0.05) is 43.7 Å². The molecule has 2 fully saturated rings. The Morgan fingerprint density at radius 1 is 1.10 bits per heavy atom. The van der Waals surface area contributed by atoms with E-state index in [1.54, 1.807) is 12.1 Å². The lowest BCUT2D eigenvalue weighted by Crippen LogP contribution is -2.47. The molecular weight excluding hydrogens is 401 g/mol. The Labute approximate surface area is 185 Å². The van der Waals surface area contributed by atoms with E-state index in [4.69, 9.17) is 16.9 Å². The summed E-state index contributed by atoms with van der Waals surface area (Å²) in [5, 5.41) is 9.13. The zero-order chi connectivity index (χ0) is 21.3. The Morgan fingerprint density at radius 3 is 2.43 bits per heavy atom. The number of piperazine rings is 1. The van der Waals surface area contributed by atoms with Crippen molar-refractivity contribution in [3.8, 4) is 6.07 Å². The first-order valence-corrected chi connectivity index (χ1v) is 11.7. The molecule has 1 aromatic rings. The lowest BCUT2D eigenvalue weighted by Gasteiger charge is -2.37. The first kappa shape index (κ1) is 23.0. The minimum absolute atomic E-state index is 0.0645. The largest absolute Gasteiger partial charge is 0.367 e. The molecule has 1 heterocycles. The summed E-state index contributed by atoms with van der Waals surface area (Å²) in [5.74, 6) is 1.46. The van der Waals surface area contributed by atoms with Gasteiger partial charge in [-0.3, -0.25) is 9.69 Å². The Kier molecular flexibility index (Phi) is 8.96.